The summed E-state index contributed by atoms with van der Waals surface area (Å²) in [5, 5.41) is 3.52. The first-order valence-electron chi connectivity index (χ1n) is 7.23. The number of fused-ring (bicyclic) bond motifs is 1. The number of hydrogen-bond donors (Lipinski definition) is 1. The van der Waals surface area contributed by atoms with Gasteiger partial charge in [-0.2, -0.15) is 0 Å². The predicted molar refractivity (Wildman–Crippen MR) is 81.7 cm³/mol. The Kier molecular flexibility index (Phi) is 3.47. The third-order valence-electron chi connectivity index (χ3n) is 4.02. The molecule has 2 unspecified atom stereocenters. The smallest absolute Gasteiger partial charge is 0.123 e. The van der Waals surface area contributed by atoms with E-state index >= 15 is 0 Å². The van der Waals surface area contributed by atoms with Crippen LogP contribution in [0.25, 0.3) is 0 Å². The van der Waals surface area contributed by atoms with Gasteiger partial charge in [0.2, 0.25) is 0 Å². The highest BCUT2D eigenvalue weighted by atomic mass is 19.1. The van der Waals surface area contributed by atoms with E-state index in [1.807, 2.05) is 6.92 Å². The van der Waals surface area contributed by atoms with Crippen LogP contribution in [0.5, 0.6) is 0 Å². The molecule has 1 aliphatic rings. The summed E-state index contributed by atoms with van der Waals surface area (Å²) in [5.41, 5.74) is 4.67. The Hall–Kier alpha value is -1.83. The molecule has 104 valence electrons. The van der Waals surface area contributed by atoms with Crippen LogP contribution in [0.3, 0.4) is 0 Å². The normalized spacial score (nSPS) is 21.1. The highest BCUT2D eigenvalue weighted by Gasteiger charge is 2.24. The molecule has 0 amide bonds. The minimum Gasteiger partial charge on any atom is -0.382 e. The second kappa shape index (κ2) is 5.28. The van der Waals surface area contributed by atoms with E-state index in [0.29, 0.717) is 12.0 Å². The second-order valence-corrected chi connectivity index (χ2v) is 5.91. The zero-order chi connectivity index (χ0) is 14.1. The molecule has 20 heavy (non-hydrogen) atoms. The van der Waals surface area contributed by atoms with Crippen molar-refractivity contribution in [3.8, 4) is 0 Å². The maximum atomic E-state index is 13.5. The summed E-state index contributed by atoms with van der Waals surface area (Å²) in [6.45, 7) is 4.16. The minimum absolute atomic E-state index is 0.129. The van der Waals surface area contributed by atoms with Crippen molar-refractivity contribution in [3.63, 3.8) is 0 Å². The molecule has 3 rings (SSSR count). The van der Waals surface area contributed by atoms with Gasteiger partial charge < -0.3 is 5.32 Å². The Morgan fingerprint density at radius 1 is 1.20 bits per heavy atom. The SMILES string of the molecule is Cc1cc(F)cc(CC2CC(C)Nc3ccccc32)c1. The molecule has 0 saturated carbocycles. The van der Waals surface area contributed by atoms with Gasteiger partial charge in [0.15, 0.2) is 0 Å². The van der Waals surface area contributed by atoms with Crippen LogP contribution in [-0.2, 0) is 6.42 Å². The summed E-state index contributed by atoms with van der Waals surface area (Å²) in [6.07, 6.45) is 1.99. The molecule has 0 saturated heterocycles. The first kappa shape index (κ1) is 13.2. The lowest BCUT2D eigenvalue weighted by Gasteiger charge is -2.31. The van der Waals surface area contributed by atoms with Crippen molar-refractivity contribution in [1.82, 2.24) is 0 Å². The number of aryl methyl sites for hydroxylation is 1. The molecule has 0 bridgehead atoms. The van der Waals surface area contributed by atoms with Crippen molar-refractivity contribution in [3.05, 3.63) is 65.0 Å². The van der Waals surface area contributed by atoms with Gasteiger partial charge in [-0.25, -0.2) is 4.39 Å². The molecule has 0 spiro atoms. The molecule has 0 radical (unpaired) electrons. The average molecular weight is 269 g/mol. The quantitative estimate of drug-likeness (QED) is 0.835. The van der Waals surface area contributed by atoms with Crippen molar-refractivity contribution < 1.29 is 4.39 Å². The third kappa shape index (κ3) is 2.69. The summed E-state index contributed by atoms with van der Waals surface area (Å²) >= 11 is 0. The predicted octanol–water partition coefficient (Wildman–Crippen LogP) is 4.66. The number of hydrogen-bond acceptors (Lipinski definition) is 1. The molecule has 2 heteroatoms. The molecule has 0 aliphatic carbocycles. The Morgan fingerprint density at radius 2 is 2.00 bits per heavy atom. The van der Waals surface area contributed by atoms with Crippen LogP contribution in [-0.4, -0.2) is 6.04 Å². The van der Waals surface area contributed by atoms with E-state index in [4.69, 9.17) is 0 Å². The molecule has 1 nitrogen and oxygen atoms in total. The first-order valence-corrected chi connectivity index (χ1v) is 7.23. The number of rotatable bonds is 2. The summed E-state index contributed by atoms with van der Waals surface area (Å²) in [7, 11) is 0. The van der Waals surface area contributed by atoms with Gasteiger partial charge in [-0.15, -0.1) is 0 Å². The van der Waals surface area contributed by atoms with Crippen LogP contribution < -0.4 is 5.32 Å². The molecular formula is C18H20FN. The van der Waals surface area contributed by atoms with Gasteiger partial charge in [0.1, 0.15) is 5.82 Å². The van der Waals surface area contributed by atoms with Crippen molar-refractivity contribution in [2.45, 2.75) is 38.6 Å². The van der Waals surface area contributed by atoms with E-state index in [9.17, 15) is 4.39 Å². The molecule has 1 aliphatic heterocycles. The standard InChI is InChI=1S/C18H20FN/c1-12-7-14(11-16(19)8-12)10-15-9-13(2)20-18-6-4-3-5-17(15)18/h3-8,11,13,15,20H,9-10H2,1-2H3. The van der Waals surface area contributed by atoms with Gasteiger partial charge >= 0.3 is 0 Å². The number of halogens is 1. The van der Waals surface area contributed by atoms with Gasteiger partial charge in [0.05, 0.1) is 0 Å². The minimum atomic E-state index is -0.129. The molecule has 0 aromatic heterocycles. The fraction of sp³-hybridized carbons (Fsp3) is 0.333. The number of para-hydroxylation sites is 1. The van der Waals surface area contributed by atoms with Crippen LogP contribution in [0.15, 0.2) is 42.5 Å². The molecule has 2 aromatic rings. The highest BCUT2D eigenvalue weighted by Crippen LogP contribution is 2.36. The number of benzene rings is 2. The third-order valence-corrected chi connectivity index (χ3v) is 4.02. The van der Waals surface area contributed by atoms with Crippen LogP contribution in [0.2, 0.25) is 0 Å². The molecule has 1 N–H and O–H groups in total. The zero-order valence-electron chi connectivity index (χ0n) is 12.0. The van der Waals surface area contributed by atoms with E-state index in [2.05, 4.69) is 42.6 Å². The Bertz CT molecular complexity index is 600. The van der Waals surface area contributed by atoms with Gasteiger partial charge in [-0.1, -0.05) is 24.3 Å². The van der Waals surface area contributed by atoms with Crippen LogP contribution in [0, 0.1) is 12.7 Å². The highest BCUT2D eigenvalue weighted by molar-refractivity contribution is 5.56. The molecular weight excluding hydrogens is 249 g/mol. The van der Waals surface area contributed by atoms with E-state index in [1.165, 1.54) is 11.3 Å². The van der Waals surface area contributed by atoms with Crippen molar-refractivity contribution >= 4 is 5.69 Å². The maximum absolute atomic E-state index is 13.5. The van der Waals surface area contributed by atoms with E-state index < -0.39 is 0 Å². The van der Waals surface area contributed by atoms with Crippen molar-refractivity contribution in [2.24, 2.45) is 0 Å². The number of anilines is 1. The lowest BCUT2D eigenvalue weighted by Crippen LogP contribution is -2.26. The lowest BCUT2D eigenvalue weighted by atomic mass is 9.83. The van der Waals surface area contributed by atoms with Crippen molar-refractivity contribution in [2.75, 3.05) is 5.32 Å². The number of nitrogens with one attached hydrogen (secondary N) is 1. The largest absolute Gasteiger partial charge is 0.382 e. The monoisotopic (exact) mass is 269 g/mol. The van der Waals surface area contributed by atoms with E-state index in [1.54, 1.807) is 12.1 Å². The van der Waals surface area contributed by atoms with Gasteiger partial charge in [0, 0.05) is 11.7 Å². The maximum Gasteiger partial charge on any atom is 0.123 e. The summed E-state index contributed by atoms with van der Waals surface area (Å²) in [4.78, 5) is 0. The van der Waals surface area contributed by atoms with Crippen LogP contribution in [0.4, 0.5) is 10.1 Å². The fourth-order valence-electron chi connectivity index (χ4n) is 3.27. The Balaban J connectivity index is 1.91. The topological polar surface area (TPSA) is 12.0 Å². The fourth-order valence-corrected chi connectivity index (χ4v) is 3.27. The van der Waals surface area contributed by atoms with Gasteiger partial charge in [-0.3, -0.25) is 0 Å². The lowest BCUT2D eigenvalue weighted by molar-refractivity contribution is 0.548. The zero-order valence-corrected chi connectivity index (χ0v) is 12.0. The first-order chi connectivity index (χ1) is 9.61. The van der Waals surface area contributed by atoms with E-state index in [-0.39, 0.29) is 5.82 Å². The summed E-state index contributed by atoms with van der Waals surface area (Å²) in [5.74, 6) is 0.332. The van der Waals surface area contributed by atoms with Crippen LogP contribution in [0.1, 0.15) is 36.0 Å². The van der Waals surface area contributed by atoms with Crippen molar-refractivity contribution in [1.29, 1.82) is 0 Å². The van der Waals surface area contributed by atoms with Gasteiger partial charge in [-0.05, 0) is 67.5 Å². The van der Waals surface area contributed by atoms with E-state index in [0.717, 1.165) is 24.0 Å². The average Bonchev–Trinajstić information content (AvgIpc) is 2.37. The second-order valence-electron chi connectivity index (χ2n) is 5.91. The molecule has 0 fully saturated rings. The Morgan fingerprint density at radius 3 is 2.80 bits per heavy atom. The molecule has 2 aromatic carbocycles. The molecule has 2 atom stereocenters. The van der Waals surface area contributed by atoms with Crippen LogP contribution >= 0.6 is 0 Å². The Labute approximate surface area is 119 Å². The molecule has 1 heterocycles. The summed E-state index contributed by atoms with van der Waals surface area (Å²) < 4.78 is 13.5. The summed E-state index contributed by atoms with van der Waals surface area (Å²) in [6, 6.07) is 14.3. The van der Waals surface area contributed by atoms with Gasteiger partial charge in [0.25, 0.3) is 0 Å².